The lowest BCUT2D eigenvalue weighted by Crippen LogP contribution is -2.10. The maximum absolute atomic E-state index is 14.3. The number of thioether (sulfide) groups is 1. The van der Waals surface area contributed by atoms with Crippen molar-refractivity contribution in [3.63, 3.8) is 0 Å². The van der Waals surface area contributed by atoms with Gasteiger partial charge < -0.3 is 5.43 Å². The number of aromatic nitrogens is 2. The van der Waals surface area contributed by atoms with Gasteiger partial charge in [0.05, 0.1) is 10.9 Å². The van der Waals surface area contributed by atoms with Gasteiger partial charge in [0.2, 0.25) is 0 Å². The number of halogens is 1. The van der Waals surface area contributed by atoms with Crippen LogP contribution in [-0.4, -0.2) is 15.7 Å². The zero-order chi connectivity index (χ0) is 14.8. The van der Waals surface area contributed by atoms with Gasteiger partial charge in [0.15, 0.2) is 11.6 Å². The molecular weight excluding hydrogens is 307 g/mol. The van der Waals surface area contributed by atoms with E-state index in [1.807, 2.05) is 24.4 Å². The number of nitrogens with one attached hydrogen (secondary N) is 1. The van der Waals surface area contributed by atoms with E-state index >= 15 is 0 Å². The number of nitrogens with zero attached hydrogens (tertiary/aromatic N) is 2. The van der Waals surface area contributed by atoms with Crippen LogP contribution in [0.5, 0.6) is 0 Å². The van der Waals surface area contributed by atoms with Crippen molar-refractivity contribution in [2.45, 2.75) is 11.8 Å². The van der Waals surface area contributed by atoms with E-state index in [2.05, 4.69) is 15.4 Å². The van der Waals surface area contributed by atoms with Gasteiger partial charge in [-0.25, -0.2) is 20.2 Å². The predicted octanol–water partition coefficient (Wildman–Crippen LogP) is 3.90. The molecule has 0 unspecified atom stereocenters. The van der Waals surface area contributed by atoms with Crippen LogP contribution in [0.3, 0.4) is 0 Å². The van der Waals surface area contributed by atoms with Gasteiger partial charge in [-0.3, -0.25) is 0 Å². The molecule has 7 heteroatoms. The normalized spacial score (nSPS) is 11.0. The third-order valence-corrected chi connectivity index (χ3v) is 4.71. The van der Waals surface area contributed by atoms with Crippen LogP contribution in [-0.2, 0) is 0 Å². The Balaban J connectivity index is 2.25. The summed E-state index contributed by atoms with van der Waals surface area (Å²) in [5.74, 6) is 6.90. The molecule has 4 nitrogen and oxygen atoms in total. The molecule has 0 amide bonds. The third kappa shape index (κ3) is 2.59. The topological polar surface area (TPSA) is 63.8 Å². The quantitative estimate of drug-likeness (QED) is 0.434. The average molecular weight is 320 g/mol. The van der Waals surface area contributed by atoms with Gasteiger partial charge in [0, 0.05) is 4.90 Å². The molecule has 0 spiro atoms. The van der Waals surface area contributed by atoms with E-state index in [1.165, 1.54) is 17.4 Å². The van der Waals surface area contributed by atoms with Gasteiger partial charge in [-0.2, -0.15) is 0 Å². The zero-order valence-corrected chi connectivity index (χ0v) is 12.9. The van der Waals surface area contributed by atoms with E-state index in [4.69, 9.17) is 5.84 Å². The fourth-order valence-electron chi connectivity index (χ4n) is 2.07. The maximum atomic E-state index is 14.3. The van der Waals surface area contributed by atoms with Crippen molar-refractivity contribution in [1.82, 2.24) is 9.97 Å². The number of hydrazine groups is 1. The highest BCUT2D eigenvalue weighted by atomic mass is 32.2. The van der Waals surface area contributed by atoms with Crippen molar-refractivity contribution >= 4 is 39.1 Å². The molecule has 0 bridgehead atoms. The number of benzene rings is 1. The van der Waals surface area contributed by atoms with E-state index < -0.39 is 0 Å². The van der Waals surface area contributed by atoms with Crippen LogP contribution in [0.25, 0.3) is 21.6 Å². The van der Waals surface area contributed by atoms with Crippen LogP contribution in [0.1, 0.15) is 6.92 Å². The Hall–Kier alpha value is -1.70. The second-order valence-corrected chi connectivity index (χ2v) is 6.43. The third-order valence-electron chi connectivity index (χ3n) is 2.96. The number of nitrogen functional groups attached to an aromatic ring is 1. The monoisotopic (exact) mass is 320 g/mol. The van der Waals surface area contributed by atoms with E-state index in [-0.39, 0.29) is 5.82 Å². The molecule has 2 heterocycles. The van der Waals surface area contributed by atoms with E-state index in [9.17, 15) is 4.39 Å². The summed E-state index contributed by atoms with van der Waals surface area (Å²) in [4.78, 5) is 10.5. The summed E-state index contributed by atoms with van der Waals surface area (Å²) in [7, 11) is 0. The van der Waals surface area contributed by atoms with E-state index in [1.54, 1.807) is 17.8 Å². The molecule has 0 aliphatic rings. The molecule has 21 heavy (non-hydrogen) atoms. The van der Waals surface area contributed by atoms with Crippen molar-refractivity contribution in [3.05, 3.63) is 35.5 Å². The fourth-order valence-corrected chi connectivity index (χ4v) is 3.66. The van der Waals surface area contributed by atoms with Gasteiger partial charge >= 0.3 is 0 Å². The molecule has 0 saturated carbocycles. The minimum Gasteiger partial charge on any atom is -0.308 e. The molecule has 0 radical (unpaired) electrons. The number of nitrogens with two attached hydrogens (primary N) is 1. The van der Waals surface area contributed by atoms with E-state index in [0.29, 0.717) is 17.2 Å². The highest BCUT2D eigenvalue weighted by Gasteiger charge is 2.16. The minimum atomic E-state index is -0.327. The van der Waals surface area contributed by atoms with Crippen molar-refractivity contribution in [2.24, 2.45) is 5.84 Å². The van der Waals surface area contributed by atoms with Crippen LogP contribution in [0.4, 0.5) is 10.2 Å². The van der Waals surface area contributed by atoms with Crippen LogP contribution in [0.15, 0.2) is 34.5 Å². The summed E-state index contributed by atoms with van der Waals surface area (Å²) in [5.41, 5.74) is 2.99. The van der Waals surface area contributed by atoms with Crippen LogP contribution in [0.2, 0.25) is 0 Å². The second kappa shape index (κ2) is 5.97. The maximum Gasteiger partial charge on any atom is 0.167 e. The molecule has 0 aliphatic heterocycles. The van der Waals surface area contributed by atoms with Crippen molar-refractivity contribution < 1.29 is 4.39 Å². The number of thiophene rings is 1. The average Bonchev–Trinajstić information content (AvgIpc) is 2.95. The highest BCUT2D eigenvalue weighted by molar-refractivity contribution is 7.99. The Morgan fingerprint density at radius 2 is 2.19 bits per heavy atom. The molecular formula is C14H13FN4S2. The van der Waals surface area contributed by atoms with Gasteiger partial charge in [0.25, 0.3) is 0 Å². The lowest BCUT2D eigenvalue weighted by Gasteiger charge is -2.10. The van der Waals surface area contributed by atoms with Gasteiger partial charge in [-0.15, -0.1) is 23.1 Å². The molecule has 3 aromatic rings. The number of rotatable bonds is 4. The molecule has 1 aromatic carbocycles. The SMILES string of the molecule is CCSc1cccc(F)c1-c1nc(NN)c2ccsc2n1. The highest BCUT2D eigenvalue weighted by Crippen LogP contribution is 2.34. The Morgan fingerprint density at radius 3 is 2.95 bits per heavy atom. The molecule has 0 fully saturated rings. The summed E-state index contributed by atoms with van der Waals surface area (Å²) in [6.07, 6.45) is 0. The minimum absolute atomic E-state index is 0.327. The van der Waals surface area contributed by atoms with Crippen molar-refractivity contribution in [1.29, 1.82) is 0 Å². The summed E-state index contributed by atoms with van der Waals surface area (Å²) in [6.45, 7) is 2.02. The number of anilines is 1. The number of hydrogen-bond acceptors (Lipinski definition) is 6. The van der Waals surface area contributed by atoms with Crippen LogP contribution < -0.4 is 11.3 Å². The Bertz CT molecular complexity index is 788. The molecule has 0 atom stereocenters. The predicted molar refractivity (Wildman–Crippen MR) is 87.0 cm³/mol. The Kier molecular flexibility index (Phi) is 4.05. The first-order valence-electron chi connectivity index (χ1n) is 6.38. The Morgan fingerprint density at radius 1 is 1.33 bits per heavy atom. The lowest BCUT2D eigenvalue weighted by atomic mass is 10.2. The molecule has 0 aliphatic carbocycles. The van der Waals surface area contributed by atoms with Gasteiger partial charge in [0.1, 0.15) is 10.6 Å². The smallest absolute Gasteiger partial charge is 0.167 e. The van der Waals surface area contributed by atoms with Crippen molar-refractivity contribution in [2.75, 3.05) is 11.2 Å². The number of hydrogen-bond donors (Lipinski definition) is 2. The van der Waals surface area contributed by atoms with E-state index in [0.717, 1.165) is 20.9 Å². The van der Waals surface area contributed by atoms with Crippen LogP contribution >= 0.6 is 23.1 Å². The zero-order valence-electron chi connectivity index (χ0n) is 11.3. The standard InChI is InChI=1S/C14H13FN4S2/c1-2-20-10-5-3-4-9(15)11(10)13-17-12(19-16)8-6-7-21-14(8)18-13/h3-7H,2,16H2,1H3,(H,17,18,19). The fraction of sp³-hybridized carbons (Fsp3) is 0.143. The summed E-state index contributed by atoms with van der Waals surface area (Å²) < 4.78 is 14.3. The first-order chi connectivity index (χ1) is 10.2. The Labute approximate surface area is 129 Å². The number of fused-ring (bicyclic) bond motifs is 1. The molecule has 0 saturated heterocycles. The largest absolute Gasteiger partial charge is 0.308 e. The second-order valence-electron chi connectivity index (χ2n) is 4.23. The molecule has 3 rings (SSSR count). The van der Waals surface area contributed by atoms with Gasteiger partial charge in [-0.1, -0.05) is 13.0 Å². The van der Waals surface area contributed by atoms with Crippen molar-refractivity contribution in [3.8, 4) is 11.4 Å². The summed E-state index contributed by atoms with van der Waals surface area (Å²) in [6, 6.07) is 6.89. The lowest BCUT2D eigenvalue weighted by molar-refractivity contribution is 0.627. The molecule has 2 aromatic heterocycles. The first kappa shape index (κ1) is 14.2. The van der Waals surface area contributed by atoms with Gasteiger partial charge in [-0.05, 0) is 29.3 Å². The first-order valence-corrected chi connectivity index (χ1v) is 8.24. The summed E-state index contributed by atoms with van der Waals surface area (Å²) in [5, 5.41) is 2.75. The molecule has 3 N–H and O–H groups in total. The van der Waals surface area contributed by atoms with Crippen LogP contribution in [0, 0.1) is 5.82 Å². The summed E-state index contributed by atoms with van der Waals surface area (Å²) >= 11 is 3.04. The molecule has 108 valence electrons.